The molecule has 1 amide bonds. The molecule has 1 fully saturated rings. The second-order valence-electron chi connectivity index (χ2n) is 6.74. The number of carbonyl (C=O) groups excluding carboxylic acids is 1. The Morgan fingerprint density at radius 2 is 2.00 bits per heavy atom. The maximum atomic E-state index is 12.3. The molecule has 0 spiro atoms. The van der Waals surface area contributed by atoms with Gasteiger partial charge < -0.3 is 10.6 Å². The molecule has 0 bridgehead atoms. The molecule has 5 nitrogen and oxygen atoms in total. The molecule has 0 atom stereocenters. The topological polar surface area (TPSA) is 59.0 Å². The van der Waals surface area contributed by atoms with Gasteiger partial charge in [-0.15, -0.1) is 0 Å². The van der Waals surface area contributed by atoms with Gasteiger partial charge in [-0.3, -0.25) is 4.79 Å². The van der Waals surface area contributed by atoms with Crippen molar-refractivity contribution < 1.29 is 4.79 Å². The molecule has 0 radical (unpaired) electrons. The normalized spacial score (nSPS) is 15.0. The van der Waals surface area contributed by atoms with E-state index in [1.165, 1.54) is 18.4 Å². The maximum Gasteiger partial charge on any atom is 0.244 e. The Kier molecular flexibility index (Phi) is 5.18. The fourth-order valence-electron chi connectivity index (χ4n) is 3.38. The number of anilines is 2. The zero-order valence-corrected chi connectivity index (χ0v) is 14.5. The number of hydrogen-bond acceptors (Lipinski definition) is 3. The van der Waals surface area contributed by atoms with E-state index in [1.807, 2.05) is 28.9 Å². The van der Waals surface area contributed by atoms with Crippen molar-refractivity contribution in [3.8, 4) is 0 Å². The second-order valence-corrected chi connectivity index (χ2v) is 6.74. The number of aromatic nitrogens is 2. The highest BCUT2D eigenvalue weighted by atomic mass is 16.2. The average Bonchev–Trinajstić information content (AvgIpc) is 3.24. The van der Waals surface area contributed by atoms with E-state index in [9.17, 15) is 4.79 Å². The van der Waals surface area contributed by atoms with Crippen molar-refractivity contribution in [3.63, 3.8) is 0 Å². The maximum absolute atomic E-state index is 12.3. The number of para-hydroxylation sites is 1. The minimum Gasteiger partial charge on any atom is -0.376 e. The van der Waals surface area contributed by atoms with Crippen molar-refractivity contribution in [1.82, 2.24) is 9.78 Å². The first-order valence-electron chi connectivity index (χ1n) is 8.81. The van der Waals surface area contributed by atoms with E-state index in [0.717, 1.165) is 24.3 Å². The summed E-state index contributed by atoms with van der Waals surface area (Å²) >= 11 is 0. The van der Waals surface area contributed by atoms with Crippen LogP contribution in [0.2, 0.25) is 0 Å². The van der Waals surface area contributed by atoms with E-state index in [0.29, 0.717) is 12.0 Å². The van der Waals surface area contributed by atoms with Gasteiger partial charge in [0, 0.05) is 11.8 Å². The van der Waals surface area contributed by atoms with Crippen molar-refractivity contribution in [2.24, 2.45) is 0 Å². The Morgan fingerprint density at radius 1 is 1.25 bits per heavy atom. The van der Waals surface area contributed by atoms with Crippen LogP contribution in [0.15, 0.2) is 36.5 Å². The number of nitrogens with zero attached hydrogens (tertiary/aromatic N) is 2. The fourth-order valence-corrected chi connectivity index (χ4v) is 3.38. The summed E-state index contributed by atoms with van der Waals surface area (Å²) in [6.45, 7) is 4.56. The zero-order chi connectivity index (χ0) is 16.9. The van der Waals surface area contributed by atoms with E-state index in [2.05, 4.69) is 35.6 Å². The Morgan fingerprint density at radius 3 is 2.75 bits per heavy atom. The first-order valence-corrected chi connectivity index (χ1v) is 8.81. The van der Waals surface area contributed by atoms with Gasteiger partial charge in [0.05, 0.1) is 18.8 Å². The molecule has 1 aliphatic rings. The number of carbonyl (C=O) groups is 1. The van der Waals surface area contributed by atoms with E-state index in [1.54, 1.807) is 6.20 Å². The van der Waals surface area contributed by atoms with Gasteiger partial charge in [-0.05, 0) is 30.4 Å². The highest BCUT2D eigenvalue weighted by molar-refractivity contribution is 5.93. The molecule has 128 valence electrons. The molecule has 1 aromatic heterocycles. The third-order valence-electron chi connectivity index (χ3n) is 4.63. The molecular weight excluding hydrogens is 300 g/mol. The lowest BCUT2D eigenvalue weighted by Crippen LogP contribution is -2.24. The van der Waals surface area contributed by atoms with Gasteiger partial charge in [0.1, 0.15) is 5.82 Å². The van der Waals surface area contributed by atoms with Crippen LogP contribution in [0.4, 0.5) is 11.5 Å². The van der Waals surface area contributed by atoms with Crippen molar-refractivity contribution in [2.75, 3.05) is 17.2 Å². The minimum atomic E-state index is -0.0479. The van der Waals surface area contributed by atoms with E-state index in [-0.39, 0.29) is 12.5 Å². The van der Waals surface area contributed by atoms with Crippen LogP contribution in [0.25, 0.3) is 0 Å². The Labute approximate surface area is 143 Å². The Bertz CT molecular complexity index is 686. The van der Waals surface area contributed by atoms with Gasteiger partial charge in [-0.2, -0.15) is 5.10 Å². The van der Waals surface area contributed by atoms with Crippen molar-refractivity contribution in [2.45, 2.75) is 51.5 Å². The molecule has 1 aliphatic carbocycles. The van der Waals surface area contributed by atoms with Crippen LogP contribution in [0.3, 0.4) is 0 Å². The fraction of sp³-hybridized carbons (Fsp3) is 0.474. The molecule has 5 heteroatoms. The van der Waals surface area contributed by atoms with Gasteiger partial charge in [0.2, 0.25) is 5.91 Å². The number of benzene rings is 1. The first-order chi connectivity index (χ1) is 11.6. The third-order valence-corrected chi connectivity index (χ3v) is 4.63. The molecular formula is C19H26N4O. The van der Waals surface area contributed by atoms with Crippen LogP contribution in [-0.4, -0.2) is 22.2 Å². The smallest absolute Gasteiger partial charge is 0.244 e. The first kappa shape index (κ1) is 16.6. The highest BCUT2D eigenvalue weighted by Crippen LogP contribution is 2.31. The molecule has 0 saturated heterocycles. The third kappa shape index (κ3) is 3.78. The number of amides is 1. The molecule has 3 rings (SSSR count). The second kappa shape index (κ2) is 7.51. The SMILES string of the molecule is CC(C)c1ccccc1NCC(=O)Nc1ccnn1C1CCCC1. The summed E-state index contributed by atoms with van der Waals surface area (Å²) in [4.78, 5) is 12.3. The molecule has 1 aromatic carbocycles. The average molecular weight is 326 g/mol. The molecule has 1 saturated carbocycles. The summed E-state index contributed by atoms with van der Waals surface area (Å²) in [5.74, 6) is 1.17. The predicted molar refractivity (Wildman–Crippen MR) is 97.4 cm³/mol. The van der Waals surface area contributed by atoms with Crippen LogP contribution in [0.1, 0.15) is 57.1 Å². The number of hydrogen-bond donors (Lipinski definition) is 2. The highest BCUT2D eigenvalue weighted by Gasteiger charge is 2.20. The molecule has 2 N–H and O–H groups in total. The van der Waals surface area contributed by atoms with Gasteiger partial charge in [-0.25, -0.2) is 4.68 Å². The van der Waals surface area contributed by atoms with Crippen LogP contribution in [0.5, 0.6) is 0 Å². The Hall–Kier alpha value is -2.30. The lowest BCUT2D eigenvalue weighted by atomic mass is 10.0. The summed E-state index contributed by atoms with van der Waals surface area (Å²) in [7, 11) is 0. The minimum absolute atomic E-state index is 0.0479. The quantitative estimate of drug-likeness (QED) is 0.837. The monoisotopic (exact) mass is 326 g/mol. The van der Waals surface area contributed by atoms with E-state index < -0.39 is 0 Å². The molecule has 2 aromatic rings. The summed E-state index contributed by atoms with van der Waals surface area (Å²) in [6.07, 6.45) is 6.53. The van der Waals surface area contributed by atoms with Crippen molar-refractivity contribution >= 4 is 17.4 Å². The Balaban J connectivity index is 1.60. The summed E-state index contributed by atoms with van der Waals surface area (Å²) in [5.41, 5.74) is 2.24. The lowest BCUT2D eigenvalue weighted by molar-refractivity contribution is -0.114. The molecule has 0 aliphatic heterocycles. The van der Waals surface area contributed by atoms with Crippen LogP contribution >= 0.6 is 0 Å². The van der Waals surface area contributed by atoms with Crippen molar-refractivity contribution in [3.05, 3.63) is 42.1 Å². The summed E-state index contributed by atoms with van der Waals surface area (Å²) in [6, 6.07) is 10.4. The lowest BCUT2D eigenvalue weighted by Gasteiger charge is -2.16. The van der Waals surface area contributed by atoms with Crippen LogP contribution in [-0.2, 0) is 4.79 Å². The predicted octanol–water partition coefficient (Wildman–Crippen LogP) is 4.17. The van der Waals surface area contributed by atoms with Crippen LogP contribution < -0.4 is 10.6 Å². The van der Waals surface area contributed by atoms with E-state index >= 15 is 0 Å². The number of rotatable bonds is 6. The van der Waals surface area contributed by atoms with Crippen molar-refractivity contribution in [1.29, 1.82) is 0 Å². The zero-order valence-electron chi connectivity index (χ0n) is 14.5. The number of nitrogens with one attached hydrogen (secondary N) is 2. The standard InChI is InChI=1S/C19H26N4O/c1-14(2)16-9-5-6-10-17(16)20-13-19(24)22-18-11-12-21-23(18)15-7-3-4-8-15/h5-6,9-12,14-15,20H,3-4,7-8,13H2,1-2H3,(H,22,24). The van der Waals surface area contributed by atoms with Gasteiger partial charge in [0.15, 0.2) is 0 Å². The molecule has 0 unspecified atom stereocenters. The summed E-state index contributed by atoms with van der Waals surface area (Å²) < 4.78 is 1.97. The molecule has 1 heterocycles. The largest absolute Gasteiger partial charge is 0.376 e. The summed E-state index contributed by atoms with van der Waals surface area (Å²) in [5, 5.41) is 10.6. The molecule has 24 heavy (non-hydrogen) atoms. The van der Waals surface area contributed by atoms with Gasteiger partial charge in [0.25, 0.3) is 0 Å². The van der Waals surface area contributed by atoms with Crippen LogP contribution in [0, 0.1) is 0 Å². The van der Waals surface area contributed by atoms with Gasteiger partial charge >= 0.3 is 0 Å². The van der Waals surface area contributed by atoms with E-state index in [4.69, 9.17) is 0 Å². The van der Waals surface area contributed by atoms with Gasteiger partial charge in [-0.1, -0.05) is 44.9 Å².